The van der Waals surface area contributed by atoms with Crippen LogP contribution in [-0.2, 0) is 10.0 Å². The van der Waals surface area contributed by atoms with Gasteiger partial charge in [0.25, 0.3) is 5.91 Å². The first-order valence-corrected chi connectivity index (χ1v) is 11.7. The van der Waals surface area contributed by atoms with Crippen molar-refractivity contribution in [1.29, 1.82) is 0 Å². The molecule has 0 spiro atoms. The molecule has 0 saturated carbocycles. The number of rotatable bonds is 7. The zero-order chi connectivity index (χ0) is 21.6. The van der Waals surface area contributed by atoms with E-state index < -0.39 is 10.0 Å². The van der Waals surface area contributed by atoms with Crippen molar-refractivity contribution in [3.05, 3.63) is 71.8 Å². The number of sulfonamides is 1. The lowest BCUT2D eigenvalue weighted by atomic mass is 10.1. The molecule has 1 amide bonds. The molecule has 1 aliphatic rings. The third-order valence-corrected chi connectivity index (χ3v) is 6.57. The Balaban J connectivity index is 1.56. The van der Waals surface area contributed by atoms with Crippen LogP contribution in [0, 0.1) is 0 Å². The monoisotopic (exact) mass is 427 g/mol. The van der Waals surface area contributed by atoms with E-state index in [1.807, 2.05) is 18.2 Å². The Hall–Kier alpha value is -2.48. The Morgan fingerprint density at radius 2 is 1.73 bits per heavy atom. The van der Waals surface area contributed by atoms with Crippen molar-refractivity contribution < 1.29 is 13.2 Å². The molecule has 0 aromatic heterocycles. The van der Waals surface area contributed by atoms with Gasteiger partial charge < -0.3 is 4.90 Å². The van der Waals surface area contributed by atoms with Gasteiger partial charge in [0.05, 0.1) is 4.90 Å². The topological polar surface area (TPSA) is 69.7 Å². The fraction of sp³-hybridized carbons (Fsp3) is 0.348. The van der Waals surface area contributed by atoms with Crippen LogP contribution in [0.4, 0.5) is 0 Å². The molecule has 1 fully saturated rings. The highest BCUT2D eigenvalue weighted by molar-refractivity contribution is 7.89. The van der Waals surface area contributed by atoms with Gasteiger partial charge in [-0.3, -0.25) is 9.69 Å². The number of nitrogens with zero attached hydrogens (tertiary/aromatic N) is 2. The van der Waals surface area contributed by atoms with E-state index in [9.17, 15) is 13.2 Å². The first-order chi connectivity index (χ1) is 14.3. The maximum Gasteiger partial charge on any atom is 0.253 e. The molecule has 7 heteroatoms. The Labute approximate surface area is 179 Å². The minimum atomic E-state index is -3.62. The lowest BCUT2D eigenvalue weighted by Gasteiger charge is -2.34. The van der Waals surface area contributed by atoms with Crippen LogP contribution in [0.25, 0.3) is 6.08 Å². The normalized spacial score (nSPS) is 15.8. The van der Waals surface area contributed by atoms with Crippen LogP contribution in [0.5, 0.6) is 0 Å². The van der Waals surface area contributed by atoms with Gasteiger partial charge in [0.1, 0.15) is 0 Å². The average Bonchev–Trinajstić information content (AvgIpc) is 2.74. The summed E-state index contributed by atoms with van der Waals surface area (Å²) in [7, 11) is -3.62. The minimum Gasteiger partial charge on any atom is -0.336 e. The standard InChI is InChI=1S/C23H29N3O3S/c1-19(2)24-30(28,29)22-12-6-11-21(18-22)23(27)26-16-14-25(15-17-26)13-7-10-20-8-4-3-5-9-20/h3-12,18-19,24H,13-17H2,1-2H3/b10-7+. The quantitative estimate of drug-likeness (QED) is 0.738. The summed E-state index contributed by atoms with van der Waals surface area (Å²) in [4.78, 5) is 17.1. The van der Waals surface area contributed by atoms with Crippen LogP contribution < -0.4 is 4.72 Å². The van der Waals surface area contributed by atoms with E-state index in [1.54, 1.807) is 30.9 Å². The molecule has 6 nitrogen and oxygen atoms in total. The third-order valence-electron chi connectivity index (χ3n) is 4.92. The van der Waals surface area contributed by atoms with Crippen molar-refractivity contribution in [1.82, 2.24) is 14.5 Å². The zero-order valence-electron chi connectivity index (χ0n) is 17.5. The molecule has 0 unspecified atom stereocenters. The molecule has 30 heavy (non-hydrogen) atoms. The van der Waals surface area contributed by atoms with Gasteiger partial charge in [-0.2, -0.15) is 0 Å². The number of carbonyl (C=O) groups is 1. The maximum atomic E-state index is 12.9. The first kappa shape index (κ1) is 22.2. The molecule has 2 aromatic carbocycles. The molecule has 160 valence electrons. The van der Waals surface area contributed by atoms with Crippen LogP contribution in [0.3, 0.4) is 0 Å². The predicted octanol–water partition coefficient (Wildman–Crippen LogP) is 2.84. The van der Waals surface area contributed by atoms with Gasteiger partial charge in [0, 0.05) is 44.3 Å². The maximum absolute atomic E-state index is 12.9. The third kappa shape index (κ3) is 6.01. The highest BCUT2D eigenvalue weighted by Crippen LogP contribution is 2.15. The van der Waals surface area contributed by atoms with Crippen LogP contribution in [0.15, 0.2) is 65.6 Å². The van der Waals surface area contributed by atoms with E-state index in [0.717, 1.165) is 19.6 Å². The van der Waals surface area contributed by atoms with Crippen molar-refractivity contribution in [3.63, 3.8) is 0 Å². The molecule has 1 heterocycles. The number of benzene rings is 2. The molecule has 3 rings (SSSR count). The van der Waals surface area contributed by atoms with Crippen LogP contribution in [0.2, 0.25) is 0 Å². The van der Waals surface area contributed by atoms with E-state index in [1.165, 1.54) is 17.7 Å². The van der Waals surface area contributed by atoms with Gasteiger partial charge in [-0.15, -0.1) is 0 Å². The molecule has 1 N–H and O–H groups in total. The summed E-state index contributed by atoms with van der Waals surface area (Å²) in [6.45, 7) is 7.20. The van der Waals surface area contributed by atoms with Crippen LogP contribution in [0.1, 0.15) is 29.8 Å². The lowest BCUT2D eigenvalue weighted by molar-refractivity contribution is 0.0650. The van der Waals surface area contributed by atoms with Crippen LogP contribution >= 0.6 is 0 Å². The largest absolute Gasteiger partial charge is 0.336 e. The van der Waals surface area contributed by atoms with Crippen molar-refractivity contribution in [2.75, 3.05) is 32.7 Å². The second kappa shape index (κ2) is 10.0. The molecule has 1 aliphatic heterocycles. The van der Waals surface area contributed by atoms with E-state index >= 15 is 0 Å². The van der Waals surface area contributed by atoms with Crippen molar-refractivity contribution in [2.45, 2.75) is 24.8 Å². The summed E-state index contributed by atoms with van der Waals surface area (Å²) in [5.41, 5.74) is 1.58. The Bertz CT molecular complexity index is 980. The smallest absolute Gasteiger partial charge is 0.253 e. The van der Waals surface area contributed by atoms with Crippen molar-refractivity contribution >= 4 is 22.0 Å². The predicted molar refractivity (Wildman–Crippen MR) is 120 cm³/mol. The molecule has 0 atom stereocenters. The summed E-state index contributed by atoms with van der Waals surface area (Å²) in [6.07, 6.45) is 4.25. The first-order valence-electron chi connectivity index (χ1n) is 10.2. The van der Waals surface area contributed by atoms with Gasteiger partial charge in [-0.05, 0) is 37.6 Å². The Morgan fingerprint density at radius 3 is 2.40 bits per heavy atom. The van der Waals surface area contributed by atoms with E-state index in [0.29, 0.717) is 18.7 Å². The van der Waals surface area contributed by atoms with E-state index in [-0.39, 0.29) is 16.8 Å². The summed E-state index contributed by atoms with van der Waals surface area (Å²) < 4.78 is 27.3. The number of nitrogens with one attached hydrogen (secondary N) is 1. The summed E-state index contributed by atoms with van der Waals surface area (Å²) in [5, 5.41) is 0. The molecule has 2 aromatic rings. The molecule has 0 radical (unpaired) electrons. The molecular formula is C23H29N3O3S. The van der Waals surface area contributed by atoms with Gasteiger partial charge in [0.15, 0.2) is 0 Å². The van der Waals surface area contributed by atoms with Gasteiger partial charge in [-0.25, -0.2) is 13.1 Å². The fourth-order valence-corrected chi connectivity index (χ4v) is 4.69. The second-order valence-corrected chi connectivity index (χ2v) is 9.42. The highest BCUT2D eigenvalue weighted by Gasteiger charge is 2.23. The van der Waals surface area contributed by atoms with E-state index in [4.69, 9.17) is 0 Å². The van der Waals surface area contributed by atoms with Gasteiger partial charge in [-0.1, -0.05) is 48.6 Å². The molecule has 1 saturated heterocycles. The lowest BCUT2D eigenvalue weighted by Crippen LogP contribution is -2.48. The SMILES string of the molecule is CC(C)NS(=O)(=O)c1cccc(C(=O)N2CCN(C/C=C/c3ccccc3)CC2)c1. The number of hydrogen-bond acceptors (Lipinski definition) is 4. The second-order valence-electron chi connectivity index (χ2n) is 7.71. The summed E-state index contributed by atoms with van der Waals surface area (Å²) in [5.74, 6) is -0.129. The van der Waals surface area contributed by atoms with Crippen LogP contribution in [-0.4, -0.2) is 62.9 Å². The number of piperazine rings is 1. The summed E-state index contributed by atoms with van der Waals surface area (Å²) in [6, 6.07) is 16.2. The van der Waals surface area contributed by atoms with Crippen molar-refractivity contribution in [3.8, 4) is 0 Å². The Kier molecular flexibility index (Phi) is 7.42. The number of hydrogen-bond donors (Lipinski definition) is 1. The molecular weight excluding hydrogens is 398 g/mol. The fourth-order valence-electron chi connectivity index (χ4n) is 3.39. The summed E-state index contributed by atoms with van der Waals surface area (Å²) >= 11 is 0. The van der Waals surface area contributed by atoms with Crippen molar-refractivity contribution in [2.24, 2.45) is 0 Å². The number of carbonyl (C=O) groups excluding carboxylic acids is 1. The molecule has 0 aliphatic carbocycles. The van der Waals surface area contributed by atoms with E-state index in [2.05, 4.69) is 33.9 Å². The number of amides is 1. The van der Waals surface area contributed by atoms with Gasteiger partial charge in [0.2, 0.25) is 10.0 Å². The Morgan fingerprint density at radius 1 is 1.03 bits per heavy atom. The minimum absolute atomic E-state index is 0.117. The average molecular weight is 428 g/mol. The van der Waals surface area contributed by atoms with Gasteiger partial charge >= 0.3 is 0 Å². The zero-order valence-corrected chi connectivity index (χ0v) is 18.3. The highest BCUT2D eigenvalue weighted by atomic mass is 32.2. The molecule has 0 bridgehead atoms.